The fourth-order valence-corrected chi connectivity index (χ4v) is 5.56. The molecule has 1 N–H and O–H groups in total. The Morgan fingerprint density at radius 3 is 2.81 bits per heavy atom. The summed E-state index contributed by atoms with van der Waals surface area (Å²) in [4.78, 5) is 20.7. The molecule has 144 valence electrons. The molecule has 2 saturated heterocycles. The Bertz CT molecular complexity index is 802. The van der Waals surface area contributed by atoms with Crippen LogP contribution in [0.3, 0.4) is 0 Å². The van der Waals surface area contributed by atoms with E-state index in [0.717, 1.165) is 27.7 Å². The van der Waals surface area contributed by atoms with Crippen LogP contribution < -0.4 is 5.32 Å². The third kappa shape index (κ3) is 4.20. The lowest BCUT2D eigenvalue weighted by Gasteiger charge is -2.44. The number of nitrogens with one attached hydrogen (secondary N) is 1. The molecule has 1 amide bonds. The number of hydrogen-bond donors (Lipinski definition) is 1. The lowest BCUT2D eigenvalue weighted by molar-refractivity contribution is 0.0576. The first-order valence-electron chi connectivity index (χ1n) is 9.87. The first-order chi connectivity index (χ1) is 13.1. The highest BCUT2D eigenvalue weighted by atomic mass is 35.5. The van der Waals surface area contributed by atoms with Gasteiger partial charge in [-0.15, -0.1) is 11.3 Å². The van der Waals surface area contributed by atoms with Gasteiger partial charge >= 0.3 is 0 Å². The Labute approximate surface area is 169 Å². The van der Waals surface area contributed by atoms with Gasteiger partial charge in [0.1, 0.15) is 9.88 Å². The number of aromatic nitrogens is 1. The van der Waals surface area contributed by atoms with E-state index < -0.39 is 0 Å². The van der Waals surface area contributed by atoms with Crippen LogP contribution in [0.4, 0.5) is 0 Å². The molecule has 2 atom stereocenters. The minimum absolute atomic E-state index is 0.0122. The van der Waals surface area contributed by atoms with E-state index in [4.69, 9.17) is 11.6 Å². The van der Waals surface area contributed by atoms with Crippen LogP contribution in [0.15, 0.2) is 24.3 Å². The Morgan fingerprint density at radius 2 is 2.00 bits per heavy atom. The Hall–Kier alpha value is -1.43. The molecule has 1 aromatic carbocycles. The van der Waals surface area contributed by atoms with Gasteiger partial charge in [-0.2, -0.15) is 0 Å². The minimum atomic E-state index is 0.0122. The van der Waals surface area contributed by atoms with E-state index in [-0.39, 0.29) is 5.91 Å². The van der Waals surface area contributed by atoms with Gasteiger partial charge in [-0.1, -0.05) is 30.2 Å². The molecule has 2 aliphatic rings. The van der Waals surface area contributed by atoms with Crippen molar-refractivity contribution in [2.45, 2.75) is 45.1 Å². The van der Waals surface area contributed by atoms with Crippen molar-refractivity contribution in [1.29, 1.82) is 0 Å². The van der Waals surface area contributed by atoms with Crippen molar-refractivity contribution in [2.24, 2.45) is 5.92 Å². The Balaban J connectivity index is 1.42. The van der Waals surface area contributed by atoms with Crippen molar-refractivity contribution in [3.05, 3.63) is 39.9 Å². The van der Waals surface area contributed by atoms with E-state index in [9.17, 15) is 4.79 Å². The first kappa shape index (κ1) is 18.9. The van der Waals surface area contributed by atoms with Crippen LogP contribution in [0.2, 0.25) is 5.02 Å². The highest BCUT2D eigenvalue weighted by molar-refractivity contribution is 7.17. The fourth-order valence-electron chi connectivity index (χ4n) is 4.44. The molecule has 6 heteroatoms. The summed E-state index contributed by atoms with van der Waals surface area (Å²) in [5, 5.41) is 4.77. The van der Waals surface area contributed by atoms with Crippen molar-refractivity contribution in [2.75, 3.05) is 19.6 Å². The van der Waals surface area contributed by atoms with Gasteiger partial charge in [0, 0.05) is 23.2 Å². The zero-order valence-electron chi connectivity index (χ0n) is 15.7. The largest absolute Gasteiger partial charge is 0.351 e. The molecule has 2 aliphatic heterocycles. The quantitative estimate of drug-likeness (QED) is 0.799. The second kappa shape index (κ2) is 8.29. The molecule has 27 heavy (non-hydrogen) atoms. The molecule has 0 spiro atoms. The van der Waals surface area contributed by atoms with Crippen LogP contribution in [0.1, 0.15) is 47.5 Å². The number of piperidine rings is 2. The Morgan fingerprint density at radius 1 is 1.22 bits per heavy atom. The molecule has 0 aliphatic carbocycles. The normalized spacial score (nSPS) is 23.0. The van der Waals surface area contributed by atoms with Gasteiger partial charge < -0.3 is 10.2 Å². The monoisotopic (exact) mass is 403 g/mol. The van der Waals surface area contributed by atoms with E-state index >= 15 is 0 Å². The van der Waals surface area contributed by atoms with Crippen molar-refractivity contribution in [3.63, 3.8) is 0 Å². The number of hydrogen-bond acceptors (Lipinski definition) is 4. The number of carbonyl (C=O) groups excluding carboxylic acids is 1. The van der Waals surface area contributed by atoms with Crippen LogP contribution in [0, 0.1) is 12.8 Å². The van der Waals surface area contributed by atoms with E-state index in [2.05, 4.69) is 15.2 Å². The number of fused-ring (bicyclic) bond motifs is 1. The van der Waals surface area contributed by atoms with Crippen LogP contribution >= 0.6 is 22.9 Å². The smallest absolute Gasteiger partial charge is 0.263 e. The summed E-state index contributed by atoms with van der Waals surface area (Å²) in [5.74, 6) is 0.588. The second-order valence-electron chi connectivity index (χ2n) is 7.65. The number of amides is 1. The highest BCUT2D eigenvalue weighted by Gasteiger charge is 2.33. The van der Waals surface area contributed by atoms with Crippen LogP contribution in [0.25, 0.3) is 10.6 Å². The molecule has 2 fully saturated rings. The molecular weight excluding hydrogens is 378 g/mol. The third-order valence-electron chi connectivity index (χ3n) is 5.85. The van der Waals surface area contributed by atoms with Gasteiger partial charge in [0.25, 0.3) is 5.91 Å². The van der Waals surface area contributed by atoms with Gasteiger partial charge in [0.15, 0.2) is 0 Å². The topological polar surface area (TPSA) is 45.2 Å². The minimum Gasteiger partial charge on any atom is -0.351 e. The van der Waals surface area contributed by atoms with Crippen molar-refractivity contribution in [1.82, 2.24) is 15.2 Å². The van der Waals surface area contributed by atoms with Crippen LogP contribution in [0.5, 0.6) is 0 Å². The maximum Gasteiger partial charge on any atom is 0.263 e. The number of thiazole rings is 1. The molecule has 1 aromatic heterocycles. The standard InChI is InChI=1S/C21H26ClN3OS/c1-14-19(27-21(24-14)15-7-9-17(22)10-8-15)20(26)23-13-16-5-4-12-25-11-3-2-6-18(16)25/h7-10,16,18H,2-6,11-13H2,1H3,(H,23,26). The van der Waals surface area contributed by atoms with E-state index in [0.29, 0.717) is 17.0 Å². The molecular formula is C21H26ClN3OS. The summed E-state index contributed by atoms with van der Waals surface area (Å²) in [6, 6.07) is 8.25. The number of halogens is 1. The highest BCUT2D eigenvalue weighted by Crippen LogP contribution is 2.31. The Kier molecular flexibility index (Phi) is 5.81. The predicted octanol–water partition coefficient (Wildman–Crippen LogP) is 4.77. The van der Waals surface area contributed by atoms with Crippen molar-refractivity contribution >= 4 is 28.8 Å². The fraction of sp³-hybridized carbons (Fsp3) is 0.524. The molecule has 3 heterocycles. The molecule has 4 nitrogen and oxygen atoms in total. The molecule has 0 radical (unpaired) electrons. The summed E-state index contributed by atoms with van der Waals surface area (Å²) in [6.45, 7) is 5.14. The van der Waals surface area contributed by atoms with Gasteiger partial charge in [-0.25, -0.2) is 4.98 Å². The number of nitrogens with zero attached hydrogens (tertiary/aromatic N) is 2. The SMILES string of the molecule is Cc1nc(-c2ccc(Cl)cc2)sc1C(=O)NCC1CCCN2CCCCC12. The molecule has 2 unspecified atom stereocenters. The number of aryl methyl sites for hydroxylation is 1. The molecule has 0 bridgehead atoms. The van der Waals surface area contributed by atoms with Crippen LogP contribution in [-0.2, 0) is 0 Å². The zero-order valence-corrected chi connectivity index (χ0v) is 17.3. The third-order valence-corrected chi connectivity index (χ3v) is 7.30. The summed E-state index contributed by atoms with van der Waals surface area (Å²) in [5.41, 5.74) is 1.79. The predicted molar refractivity (Wildman–Crippen MR) is 112 cm³/mol. The molecule has 4 rings (SSSR count). The van der Waals surface area contributed by atoms with E-state index in [1.54, 1.807) is 0 Å². The average Bonchev–Trinajstić information content (AvgIpc) is 3.08. The zero-order chi connectivity index (χ0) is 18.8. The molecule has 2 aromatic rings. The van der Waals surface area contributed by atoms with E-state index in [1.807, 2.05) is 31.2 Å². The van der Waals surface area contributed by atoms with Gasteiger partial charge in [0.2, 0.25) is 0 Å². The first-order valence-corrected chi connectivity index (χ1v) is 11.1. The summed E-state index contributed by atoms with van der Waals surface area (Å²) in [6.07, 6.45) is 6.39. The van der Waals surface area contributed by atoms with Crippen molar-refractivity contribution in [3.8, 4) is 10.6 Å². The summed E-state index contributed by atoms with van der Waals surface area (Å²) >= 11 is 7.42. The summed E-state index contributed by atoms with van der Waals surface area (Å²) in [7, 11) is 0. The number of rotatable bonds is 4. The van der Waals surface area contributed by atoms with E-state index in [1.165, 1.54) is 56.5 Å². The lowest BCUT2D eigenvalue weighted by Crippen LogP contribution is -2.50. The maximum absolute atomic E-state index is 12.8. The second-order valence-corrected chi connectivity index (χ2v) is 9.09. The summed E-state index contributed by atoms with van der Waals surface area (Å²) < 4.78 is 0. The maximum atomic E-state index is 12.8. The lowest BCUT2D eigenvalue weighted by atomic mass is 9.83. The van der Waals surface area contributed by atoms with Gasteiger partial charge in [-0.05, 0) is 63.7 Å². The van der Waals surface area contributed by atoms with Gasteiger partial charge in [0.05, 0.1) is 5.69 Å². The number of carbonyl (C=O) groups is 1. The number of benzene rings is 1. The van der Waals surface area contributed by atoms with Gasteiger partial charge in [-0.3, -0.25) is 4.79 Å². The molecule has 0 saturated carbocycles. The average molecular weight is 404 g/mol. The van der Waals surface area contributed by atoms with Crippen LogP contribution in [-0.4, -0.2) is 41.5 Å². The van der Waals surface area contributed by atoms with Crippen molar-refractivity contribution < 1.29 is 4.79 Å².